The first-order chi connectivity index (χ1) is 9.94. The lowest BCUT2D eigenvalue weighted by Gasteiger charge is -2.51. The van der Waals surface area contributed by atoms with E-state index in [9.17, 15) is 8.42 Å². The van der Waals surface area contributed by atoms with Crippen LogP contribution in [0.2, 0.25) is 0 Å². The molecule has 1 aliphatic heterocycles. The van der Waals surface area contributed by atoms with Crippen LogP contribution in [0.4, 0.5) is 0 Å². The van der Waals surface area contributed by atoms with Crippen molar-refractivity contribution in [2.24, 2.45) is 17.6 Å². The molecular formula is C15H29N3O2S. The summed E-state index contributed by atoms with van der Waals surface area (Å²) in [6.45, 7) is 3.63. The van der Waals surface area contributed by atoms with E-state index in [1.165, 1.54) is 44.8 Å². The molecule has 0 aromatic heterocycles. The Morgan fingerprint density at radius 1 is 1.10 bits per heavy atom. The van der Waals surface area contributed by atoms with E-state index in [1.807, 2.05) is 0 Å². The first-order valence-electron chi connectivity index (χ1n) is 8.35. The molecule has 2 N–H and O–H groups in total. The van der Waals surface area contributed by atoms with E-state index >= 15 is 0 Å². The third-order valence-corrected chi connectivity index (χ3v) is 7.21. The van der Waals surface area contributed by atoms with Crippen LogP contribution in [0.3, 0.4) is 0 Å². The van der Waals surface area contributed by atoms with E-state index < -0.39 is 10.0 Å². The van der Waals surface area contributed by atoms with Gasteiger partial charge in [0.25, 0.3) is 0 Å². The second-order valence-corrected chi connectivity index (χ2v) is 9.25. The summed E-state index contributed by atoms with van der Waals surface area (Å²) in [5.74, 6) is 1.81. The predicted molar refractivity (Wildman–Crippen MR) is 84.5 cm³/mol. The maximum Gasteiger partial charge on any atom is 0.211 e. The van der Waals surface area contributed by atoms with Crippen molar-refractivity contribution in [2.45, 2.75) is 44.1 Å². The molecule has 3 aliphatic rings. The SMILES string of the molecule is CS(=O)(=O)N1CCN(C2(CN)CCCC(C3CC3)C2)CC1. The third-order valence-electron chi connectivity index (χ3n) is 5.91. The van der Waals surface area contributed by atoms with Gasteiger partial charge < -0.3 is 5.73 Å². The van der Waals surface area contributed by atoms with Crippen molar-refractivity contribution in [2.75, 3.05) is 39.0 Å². The Hall–Kier alpha value is -0.170. The molecule has 0 amide bonds. The molecule has 2 saturated carbocycles. The van der Waals surface area contributed by atoms with Gasteiger partial charge in [-0.25, -0.2) is 8.42 Å². The Kier molecular flexibility index (Phi) is 4.34. The average molecular weight is 315 g/mol. The lowest BCUT2D eigenvalue weighted by Crippen LogP contribution is -2.62. The normalized spacial score (nSPS) is 36.8. The average Bonchev–Trinajstić information content (AvgIpc) is 3.31. The van der Waals surface area contributed by atoms with Gasteiger partial charge in [0.1, 0.15) is 0 Å². The van der Waals surface area contributed by atoms with Gasteiger partial charge in [0.15, 0.2) is 0 Å². The maximum atomic E-state index is 11.7. The van der Waals surface area contributed by atoms with E-state index in [0.717, 1.165) is 31.5 Å². The third kappa shape index (κ3) is 3.28. The number of rotatable bonds is 4. The van der Waals surface area contributed by atoms with E-state index in [2.05, 4.69) is 4.90 Å². The number of piperazine rings is 1. The van der Waals surface area contributed by atoms with Crippen molar-refractivity contribution in [1.82, 2.24) is 9.21 Å². The molecule has 0 aromatic carbocycles. The smallest absolute Gasteiger partial charge is 0.211 e. The minimum atomic E-state index is -3.05. The first kappa shape index (κ1) is 15.7. The van der Waals surface area contributed by atoms with Crippen LogP contribution in [-0.2, 0) is 10.0 Å². The van der Waals surface area contributed by atoms with Gasteiger partial charge in [-0.15, -0.1) is 0 Å². The fraction of sp³-hybridized carbons (Fsp3) is 1.00. The molecule has 122 valence electrons. The molecular weight excluding hydrogens is 286 g/mol. The van der Waals surface area contributed by atoms with Gasteiger partial charge in [0.05, 0.1) is 6.26 Å². The molecule has 0 radical (unpaired) electrons. The summed E-state index contributed by atoms with van der Waals surface area (Å²) in [6, 6.07) is 0. The molecule has 21 heavy (non-hydrogen) atoms. The molecule has 1 heterocycles. The monoisotopic (exact) mass is 315 g/mol. The van der Waals surface area contributed by atoms with Crippen LogP contribution in [0.5, 0.6) is 0 Å². The lowest BCUT2D eigenvalue weighted by molar-refractivity contribution is 0.00982. The Morgan fingerprint density at radius 3 is 2.29 bits per heavy atom. The summed E-state index contributed by atoms with van der Waals surface area (Å²) in [7, 11) is -3.05. The highest BCUT2D eigenvalue weighted by Gasteiger charge is 2.45. The fourth-order valence-corrected chi connectivity index (χ4v) is 5.28. The van der Waals surface area contributed by atoms with Crippen LogP contribution in [0.25, 0.3) is 0 Å². The number of hydrogen-bond acceptors (Lipinski definition) is 4. The number of sulfonamides is 1. The Balaban J connectivity index is 1.66. The maximum absolute atomic E-state index is 11.7. The zero-order valence-corrected chi connectivity index (χ0v) is 13.9. The van der Waals surface area contributed by atoms with Gasteiger partial charge in [-0.3, -0.25) is 4.90 Å². The molecule has 2 atom stereocenters. The Bertz CT molecular complexity index is 469. The largest absolute Gasteiger partial charge is 0.329 e. The van der Waals surface area contributed by atoms with Crippen LogP contribution in [-0.4, -0.2) is 62.1 Å². The van der Waals surface area contributed by atoms with Gasteiger partial charge in [-0.05, 0) is 37.5 Å². The van der Waals surface area contributed by atoms with Gasteiger partial charge in [0.2, 0.25) is 10.0 Å². The van der Waals surface area contributed by atoms with Crippen LogP contribution in [0.1, 0.15) is 38.5 Å². The van der Waals surface area contributed by atoms with Crippen molar-refractivity contribution >= 4 is 10.0 Å². The summed E-state index contributed by atoms with van der Waals surface area (Å²) < 4.78 is 24.9. The minimum Gasteiger partial charge on any atom is -0.329 e. The molecule has 6 heteroatoms. The summed E-state index contributed by atoms with van der Waals surface area (Å²) in [5, 5.41) is 0. The van der Waals surface area contributed by atoms with E-state index in [4.69, 9.17) is 5.73 Å². The van der Waals surface area contributed by atoms with E-state index in [1.54, 1.807) is 4.31 Å². The van der Waals surface area contributed by atoms with Crippen molar-refractivity contribution in [3.05, 3.63) is 0 Å². The topological polar surface area (TPSA) is 66.6 Å². The summed E-state index contributed by atoms with van der Waals surface area (Å²) in [4.78, 5) is 2.50. The Morgan fingerprint density at radius 2 is 1.76 bits per heavy atom. The van der Waals surface area contributed by atoms with Gasteiger partial charge >= 0.3 is 0 Å². The highest BCUT2D eigenvalue weighted by atomic mass is 32.2. The summed E-state index contributed by atoms with van der Waals surface area (Å²) in [5.41, 5.74) is 6.33. The van der Waals surface area contributed by atoms with Gasteiger partial charge in [-0.1, -0.05) is 12.8 Å². The highest BCUT2D eigenvalue weighted by molar-refractivity contribution is 7.88. The molecule has 0 aromatic rings. The molecule has 3 rings (SSSR count). The number of nitrogens with zero attached hydrogens (tertiary/aromatic N) is 2. The minimum absolute atomic E-state index is 0.134. The van der Waals surface area contributed by atoms with Crippen molar-refractivity contribution < 1.29 is 8.42 Å². The fourth-order valence-electron chi connectivity index (χ4n) is 4.45. The summed E-state index contributed by atoms with van der Waals surface area (Å²) >= 11 is 0. The molecule has 3 fully saturated rings. The Labute approximate surface area is 128 Å². The van der Waals surface area contributed by atoms with Gasteiger partial charge in [-0.2, -0.15) is 4.31 Å². The van der Waals surface area contributed by atoms with Crippen molar-refractivity contribution in [1.29, 1.82) is 0 Å². The summed E-state index contributed by atoms with van der Waals surface area (Å²) in [6.07, 6.45) is 9.20. The quantitative estimate of drug-likeness (QED) is 0.836. The number of nitrogens with two attached hydrogens (primary N) is 1. The van der Waals surface area contributed by atoms with E-state index in [0.29, 0.717) is 13.1 Å². The highest BCUT2D eigenvalue weighted by Crippen LogP contribution is 2.48. The molecule has 2 aliphatic carbocycles. The van der Waals surface area contributed by atoms with Crippen LogP contribution in [0, 0.1) is 11.8 Å². The second kappa shape index (κ2) is 5.80. The van der Waals surface area contributed by atoms with E-state index in [-0.39, 0.29) is 5.54 Å². The van der Waals surface area contributed by atoms with Crippen LogP contribution >= 0.6 is 0 Å². The van der Waals surface area contributed by atoms with Crippen LogP contribution < -0.4 is 5.73 Å². The van der Waals surface area contributed by atoms with Gasteiger partial charge in [0, 0.05) is 38.3 Å². The van der Waals surface area contributed by atoms with Crippen molar-refractivity contribution in [3.63, 3.8) is 0 Å². The molecule has 0 spiro atoms. The zero-order valence-electron chi connectivity index (χ0n) is 13.1. The molecule has 2 unspecified atom stereocenters. The lowest BCUT2D eigenvalue weighted by atomic mass is 9.72. The molecule has 0 bridgehead atoms. The molecule has 1 saturated heterocycles. The predicted octanol–water partition coefficient (Wildman–Crippen LogP) is 0.861. The van der Waals surface area contributed by atoms with Crippen LogP contribution in [0.15, 0.2) is 0 Å². The first-order valence-corrected chi connectivity index (χ1v) is 10.2. The standard InChI is InChI=1S/C15H29N3O2S/c1-21(19,20)18-9-7-17(8-10-18)15(12-16)6-2-3-14(11-15)13-4-5-13/h13-14H,2-12,16H2,1H3. The van der Waals surface area contributed by atoms with Crippen molar-refractivity contribution in [3.8, 4) is 0 Å². The molecule has 5 nitrogen and oxygen atoms in total. The zero-order chi connectivity index (χ0) is 15.1. The second-order valence-electron chi connectivity index (χ2n) is 7.27. The number of hydrogen-bond donors (Lipinski definition) is 1.